The number of nitrogens with two attached hydrogens (primary N) is 1. The van der Waals surface area contributed by atoms with Gasteiger partial charge in [0.2, 0.25) is 0 Å². The Balaban J connectivity index is 2.01. The van der Waals surface area contributed by atoms with Crippen molar-refractivity contribution in [2.45, 2.75) is 17.9 Å². The van der Waals surface area contributed by atoms with Crippen molar-refractivity contribution >= 4 is 26.7 Å². The fourth-order valence-corrected chi connectivity index (χ4v) is 3.33. The Labute approximate surface area is 136 Å². The van der Waals surface area contributed by atoms with Gasteiger partial charge < -0.3 is 10.5 Å². The van der Waals surface area contributed by atoms with Crippen LogP contribution in [-0.2, 0) is 10.8 Å². The van der Waals surface area contributed by atoms with Gasteiger partial charge in [-0.3, -0.25) is 4.21 Å². The van der Waals surface area contributed by atoms with Gasteiger partial charge in [-0.25, -0.2) is 0 Å². The molecule has 0 aliphatic rings. The molecule has 0 radical (unpaired) electrons. The average Bonchev–Trinajstić information content (AvgIpc) is 2.49. The van der Waals surface area contributed by atoms with Gasteiger partial charge in [0.05, 0.1) is 17.4 Å². The van der Waals surface area contributed by atoms with Gasteiger partial charge in [-0.2, -0.15) is 0 Å². The summed E-state index contributed by atoms with van der Waals surface area (Å²) in [7, 11) is -1.11. The van der Waals surface area contributed by atoms with E-state index >= 15 is 0 Å². The van der Waals surface area contributed by atoms with Crippen LogP contribution in [0.15, 0.2) is 57.9 Å². The molecule has 0 aliphatic heterocycles. The summed E-state index contributed by atoms with van der Waals surface area (Å²) in [4.78, 5) is 0.791. The Hall–Kier alpha value is -1.17. The van der Waals surface area contributed by atoms with Crippen molar-refractivity contribution in [2.24, 2.45) is 5.73 Å². The number of ether oxygens (including phenoxy) is 1. The molecule has 21 heavy (non-hydrogen) atoms. The Kier molecular flexibility index (Phi) is 5.96. The van der Waals surface area contributed by atoms with Crippen molar-refractivity contribution in [3.05, 3.63) is 58.6 Å². The predicted octanol–water partition coefficient (Wildman–Crippen LogP) is 3.66. The summed E-state index contributed by atoms with van der Waals surface area (Å²) < 4.78 is 18.7. The second-order valence-electron chi connectivity index (χ2n) is 4.57. The Morgan fingerprint density at radius 2 is 1.76 bits per heavy atom. The zero-order valence-electron chi connectivity index (χ0n) is 11.8. The molecule has 2 atom stereocenters. The highest BCUT2D eigenvalue weighted by molar-refractivity contribution is 9.10. The molecule has 112 valence electrons. The first-order valence-corrected chi connectivity index (χ1v) is 8.83. The SMILES string of the molecule is CCOc1ccc(C(N)CS(=O)c2ccc(Br)cc2)cc1. The van der Waals surface area contributed by atoms with Crippen LogP contribution in [-0.4, -0.2) is 16.6 Å². The quantitative estimate of drug-likeness (QED) is 0.847. The predicted molar refractivity (Wildman–Crippen MR) is 90.0 cm³/mol. The van der Waals surface area contributed by atoms with Gasteiger partial charge in [0, 0.05) is 21.2 Å². The van der Waals surface area contributed by atoms with Crippen LogP contribution in [0.5, 0.6) is 5.75 Å². The minimum Gasteiger partial charge on any atom is -0.494 e. The molecule has 2 aromatic carbocycles. The van der Waals surface area contributed by atoms with Crippen LogP contribution in [0, 0.1) is 0 Å². The summed E-state index contributed by atoms with van der Waals surface area (Å²) in [6.07, 6.45) is 0. The van der Waals surface area contributed by atoms with Crippen molar-refractivity contribution in [2.75, 3.05) is 12.4 Å². The lowest BCUT2D eigenvalue weighted by Gasteiger charge is -2.13. The number of hydrogen-bond acceptors (Lipinski definition) is 3. The number of halogens is 1. The third-order valence-electron chi connectivity index (χ3n) is 3.03. The van der Waals surface area contributed by atoms with E-state index in [2.05, 4.69) is 15.9 Å². The van der Waals surface area contributed by atoms with Gasteiger partial charge in [0.1, 0.15) is 5.75 Å². The fraction of sp³-hybridized carbons (Fsp3) is 0.250. The van der Waals surface area contributed by atoms with Crippen LogP contribution in [0.1, 0.15) is 18.5 Å². The van der Waals surface area contributed by atoms with Crippen molar-refractivity contribution < 1.29 is 8.95 Å². The fourth-order valence-electron chi connectivity index (χ4n) is 1.92. The topological polar surface area (TPSA) is 52.3 Å². The van der Waals surface area contributed by atoms with Crippen LogP contribution >= 0.6 is 15.9 Å². The van der Waals surface area contributed by atoms with Crippen LogP contribution in [0.4, 0.5) is 0 Å². The molecule has 0 saturated heterocycles. The van der Waals surface area contributed by atoms with E-state index < -0.39 is 10.8 Å². The number of hydrogen-bond donors (Lipinski definition) is 1. The lowest BCUT2D eigenvalue weighted by molar-refractivity contribution is 0.340. The molecule has 2 unspecified atom stereocenters. The molecule has 3 nitrogen and oxygen atoms in total. The van der Waals surface area contributed by atoms with Gasteiger partial charge in [-0.15, -0.1) is 0 Å². The van der Waals surface area contributed by atoms with Crippen LogP contribution in [0.25, 0.3) is 0 Å². The maximum atomic E-state index is 12.3. The summed E-state index contributed by atoms with van der Waals surface area (Å²) in [6.45, 7) is 2.58. The van der Waals surface area contributed by atoms with Gasteiger partial charge in [0.15, 0.2) is 0 Å². The van der Waals surface area contributed by atoms with E-state index in [4.69, 9.17) is 10.5 Å². The normalized spacial score (nSPS) is 13.7. The van der Waals surface area contributed by atoms with E-state index in [-0.39, 0.29) is 6.04 Å². The first-order chi connectivity index (χ1) is 10.1. The molecule has 2 rings (SSSR count). The third kappa shape index (κ3) is 4.66. The average molecular weight is 368 g/mol. The van der Waals surface area contributed by atoms with Gasteiger partial charge in [0.25, 0.3) is 0 Å². The molecular formula is C16H18BrNO2S. The zero-order valence-corrected chi connectivity index (χ0v) is 14.2. The minimum absolute atomic E-state index is 0.259. The van der Waals surface area contributed by atoms with Crippen LogP contribution in [0.3, 0.4) is 0 Å². The molecule has 5 heteroatoms. The van der Waals surface area contributed by atoms with E-state index in [9.17, 15) is 4.21 Å². The third-order valence-corrected chi connectivity index (χ3v) is 5.02. The zero-order chi connectivity index (χ0) is 15.2. The maximum Gasteiger partial charge on any atom is 0.119 e. The van der Waals surface area contributed by atoms with Crippen molar-refractivity contribution in [1.29, 1.82) is 0 Å². The smallest absolute Gasteiger partial charge is 0.119 e. The highest BCUT2D eigenvalue weighted by Crippen LogP contribution is 2.20. The van der Waals surface area contributed by atoms with Gasteiger partial charge in [-0.05, 0) is 48.9 Å². The Bertz CT molecular complexity index is 599. The maximum absolute atomic E-state index is 12.3. The molecule has 0 amide bonds. The lowest BCUT2D eigenvalue weighted by atomic mass is 10.1. The highest BCUT2D eigenvalue weighted by Gasteiger charge is 2.12. The van der Waals surface area contributed by atoms with Crippen molar-refractivity contribution in [1.82, 2.24) is 0 Å². The van der Waals surface area contributed by atoms with E-state index in [0.29, 0.717) is 12.4 Å². The van der Waals surface area contributed by atoms with Gasteiger partial charge in [-0.1, -0.05) is 28.1 Å². The molecule has 2 N–H and O–H groups in total. The highest BCUT2D eigenvalue weighted by atomic mass is 79.9. The molecule has 0 aromatic heterocycles. The van der Waals surface area contributed by atoms with Crippen molar-refractivity contribution in [3.8, 4) is 5.75 Å². The van der Waals surface area contributed by atoms with E-state index in [1.807, 2.05) is 55.5 Å². The second kappa shape index (κ2) is 7.73. The number of rotatable bonds is 6. The molecule has 0 spiro atoms. The monoisotopic (exact) mass is 367 g/mol. The van der Waals surface area contributed by atoms with E-state index in [0.717, 1.165) is 20.7 Å². The van der Waals surface area contributed by atoms with Gasteiger partial charge >= 0.3 is 0 Å². The molecule has 0 fully saturated rings. The van der Waals surface area contributed by atoms with E-state index in [1.165, 1.54) is 0 Å². The largest absolute Gasteiger partial charge is 0.494 e. The Morgan fingerprint density at radius 3 is 2.33 bits per heavy atom. The molecule has 2 aromatic rings. The first kappa shape index (κ1) is 16.2. The van der Waals surface area contributed by atoms with Crippen LogP contribution in [0.2, 0.25) is 0 Å². The molecule has 0 heterocycles. The summed E-state index contributed by atoms with van der Waals surface area (Å²) >= 11 is 3.37. The molecule has 0 aliphatic carbocycles. The Morgan fingerprint density at radius 1 is 1.14 bits per heavy atom. The van der Waals surface area contributed by atoms with Crippen LogP contribution < -0.4 is 10.5 Å². The summed E-state index contributed by atoms with van der Waals surface area (Å²) in [6, 6.07) is 14.8. The molecule has 0 bridgehead atoms. The minimum atomic E-state index is -1.11. The van der Waals surface area contributed by atoms with Crippen molar-refractivity contribution in [3.63, 3.8) is 0 Å². The molecular weight excluding hydrogens is 350 g/mol. The standard InChI is InChI=1S/C16H18BrNO2S/c1-2-20-14-7-3-12(4-8-14)16(18)11-21(19)15-9-5-13(17)6-10-15/h3-10,16H,2,11,18H2,1H3. The number of benzene rings is 2. The lowest BCUT2D eigenvalue weighted by Crippen LogP contribution is -2.18. The summed E-state index contributed by atoms with van der Waals surface area (Å²) in [5.41, 5.74) is 7.11. The van der Waals surface area contributed by atoms with E-state index in [1.54, 1.807) is 0 Å². The molecule has 0 saturated carbocycles. The first-order valence-electron chi connectivity index (χ1n) is 6.72. The second-order valence-corrected chi connectivity index (χ2v) is 6.99. The summed E-state index contributed by atoms with van der Waals surface area (Å²) in [5, 5.41) is 0. The summed E-state index contributed by atoms with van der Waals surface area (Å²) in [5.74, 6) is 1.22.